The van der Waals surface area contributed by atoms with E-state index in [9.17, 15) is 14.7 Å². The molecule has 3 aromatic rings. The lowest BCUT2D eigenvalue weighted by molar-refractivity contribution is 0.0938. The Bertz CT molecular complexity index is 1090. The number of hydrogen-bond acceptors (Lipinski definition) is 7. The zero-order valence-electron chi connectivity index (χ0n) is 16.4. The number of anilines is 1. The zero-order valence-corrected chi connectivity index (χ0v) is 16.4. The first-order valence-electron chi connectivity index (χ1n) is 9.31. The molecular weight excluding hydrogens is 378 g/mol. The number of aromatic nitrogens is 4. The number of imidazole rings is 1. The summed E-state index contributed by atoms with van der Waals surface area (Å²) >= 11 is 0. The molecule has 10 heteroatoms. The Morgan fingerprint density at radius 2 is 1.90 bits per heavy atom. The quantitative estimate of drug-likeness (QED) is 0.418. The molecule has 0 bridgehead atoms. The van der Waals surface area contributed by atoms with Crippen LogP contribution in [0.2, 0.25) is 0 Å². The number of aliphatic hydroxyl groups excluding tert-OH is 2. The van der Waals surface area contributed by atoms with Gasteiger partial charge < -0.3 is 24.8 Å². The van der Waals surface area contributed by atoms with Gasteiger partial charge in [-0.05, 0) is 18.6 Å². The van der Waals surface area contributed by atoms with Gasteiger partial charge in [0.15, 0.2) is 11.2 Å². The second kappa shape index (κ2) is 8.93. The Hall–Kier alpha value is -3.11. The number of hydrogen-bond donors (Lipinski definition) is 3. The average molecular weight is 403 g/mol. The molecular formula is C19H25N5O5. The second-order valence-corrected chi connectivity index (χ2v) is 6.71. The zero-order chi connectivity index (χ0) is 21.0. The van der Waals surface area contributed by atoms with Gasteiger partial charge in [-0.1, -0.05) is 18.2 Å². The highest BCUT2D eigenvalue weighted by Gasteiger charge is 2.21. The van der Waals surface area contributed by atoms with Gasteiger partial charge in [0.1, 0.15) is 18.5 Å². The van der Waals surface area contributed by atoms with Crippen molar-refractivity contribution < 1.29 is 14.9 Å². The number of rotatable bonds is 9. The molecule has 0 amide bonds. The molecule has 156 valence electrons. The number of fused-ring (bicyclic) bond motifs is 1. The van der Waals surface area contributed by atoms with E-state index in [-0.39, 0.29) is 30.9 Å². The van der Waals surface area contributed by atoms with Crippen LogP contribution in [-0.2, 0) is 20.6 Å². The largest absolute Gasteiger partial charge is 0.491 e. The van der Waals surface area contributed by atoms with Gasteiger partial charge in [0.05, 0.1) is 6.54 Å². The third-order valence-electron chi connectivity index (χ3n) is 4.54. The lowest BCUT2D eigenvalue weighted by Crippen LogP contribution is -2.38. The van der Waals surface area contributed by atoms with Crippen molar-refractivity contribution >= 4 is 17.1 Å². The summed E-state index contributed by atoms with van der Waals surface area (Å²) in [4.78, 5) is 29.3. The molecule has 0 radical (unpaired) electrons. The maximum Gasteiger partial charge on any atom is 0.332 e. The fourth-order valence-electron chi connectivity index (χ4n) is 3.01. The highest BCUT2D eigenvalue weighted by molar-refractivity contribution is 5.74. The molecule has 0 saturated heterocycles. The van der Waals surface area contributed by atoms with E-state index in [2.05, 4.69) is 10.3 Å². The number of nitrogens with zero attached hydrogens (tertiary/aromatic N) is 4. The monoisotopic (exact) mass is 403 g/mol. The van der Waals surface area contributed by atoms with Gasteiger partial charge in [0.2, 0.25) is 5.95 Å². The standard InChI is InChI=1S/C19H25N5O5/c1-22-16-15(17(27)23(2)19(22)28)24(18(21-16)20-9-6-10-25)11-13(26)12-29-14-7-4-3-5-8-14/h3-5,7-8,13,25-26H,6,9-12H2,1-2H3,(H,20,21). The summed E-state index contributed by atoms with van der Waals surface area (Å²) in [6.45, 7) is 0.482. The third kappa shape index (κ3) is 4.33. The van der Waals surface area contributed by atoms with Crippen molar-refractivity contribution in [2.75, 3.05) is 25.1 Å². The Kier molecular flexibility index (Phi) is 6.35. The summed E-state index contributed by atoms with van der Waals surface area (Å²) in [6, 6.07) is 9.10. The minimum absolute atomic E-state index is 0.00101. The van der Waals surface area contributed by atoms with Crippen molar-refractivity contribution in [3.8, 4) is 5.75 Å². The average Bonchev–Trinajstić information content (AvgIpc) is 3.08. The molecule has 10 nitrogen and oxygen atoms in total. The summed E-state index contributed by atoms with van der Waals surface area (Å²) in [5.74, 6) is 0.965. The Morgan fingerprint density at radius 1 is 1.17 bits per heavy atom. The first kappa shape index (κ1) is 20.6. The van der Waals surface area contributed by atoms with Crippen molar-refractivity contribution in [3.63, 3.8) is 0 Å². The lowest BCUT2D eigenvalue weighted by atomic mass is 10.3. The number of nitrogens with one attached hydrogen (secondary N) is 1. The predicted molar refractivity (Wildman–Crippen MR) is 108 cm³/mol. The number of para-hydroxylation sites is 1. The number of benzene rings is 1. The fraction of sp³-hybridized carbons (Fsp3) is 0.421. The third-order valence-corrected chi connectivity index (χ3v) is 4.54. The van der Waals surface area contributed by atoms with Crippen molar-refractivity contribution in [3.05, 3.63) is 51.2 Å². The molecule has 29 heavy (non-hydrogen) atoms. The van der Waals surface area contributed by atoms with E-state index < -0.39 is 17.4 Å². The van der Waals surface area contributed by atoms with Gasteiger partial charge >= 0.3 is 5.69 Å². The number of aryl methyl sites for hydroxylation is 1. The molecule has 1 atom stereocenters. The van der Waals surface area contributed by atoms with E-state index in [0.29, 0.717) is 24.7 Å². The van der Waals surface area contributed by atoms with Gasteiger partial charge in [-0.15, -0.1) is 0 Å². The van der Waals surface area contributed by atoms with Crippen molar-refractivity contribution in [1.82, 2.24) is 18.7 Å². The van der Waals surface area contributed by atoms with E-state index in [0.717, 1.165) is 4.57 Å². The predicted octanol–water partition coefficient (Wildman–Crippen LogP) is -0.332. The normalized spacial score (nSPS) is 12.3. The molecule has 2 aromatic heterocycles. The van der Waals surface area contributed by atoms with Crippen LogP contribution in [0.4, 0.5) is 5.95 Å². The molecule has 0 aliphatic carbocycles. The highest BCUT2D eigenvalue weighted by atomic mass is 16.5. The molecule has 0 saturated carbocycles. The molecule has 0 fully saturated rings. The molecule has 3 rings (SSSR count). The van der Waals surface area contributed by atoms with Crippen LogP contribution >= 0.6 is 0 Å². The van der Waals surface area contributed by atoms with Crippen LogP contribution in [0.1, 0.15) is 6.42 Å². The van der Waals surface area contributed by atoms with Crippen LogP contribution in [0.15, 0.2) is 39.9 Å². The van der Waals surface area contributed by atoms with Gasteiger partial charge in [0.25, 0.3) is 5.56 Å². The van der Waals surface area contributed by atoms with Crippen molar-refractivity contribution in [2.24, 2.45) is 14.1 Å². The lowest BCUT2D eigenvalue weighted by Gasteiger charge is -2.16. The van der Waals surface area contributed by atoms with E-state index in [1.165, 1.54) is 18.7 Å². The minimum Gasteiger partial charge on any atom is -0.491 e. The molecule has 2 heterocycles. The smallest absolute Gasteiger partial charge is 0.332 e. The van der Waals surface area contributed by atoms with Gasteiger partial charge in [-0.25, -0.2) is 4.79 Å². The van der Waals surface area contributed by atoms with Crippen LogP contribution in [0.3, 0.4) is 0 Å². The minimum atomic E-state index is -0.923. The van der Waals surface area contributed by atoms with Gasteiger partial charge in [0, 0.05) is 27.2 Å². The van der Waals surface area contributed by atoms with E-state index in [1.807, 2.05) is 18.2 Å². The topological polar surface area (TPSA) is 124 Å². The molecule has 0 aliphatic heterocycles. The maximum absolute atomic E-state index is 12.7. The summed E-state index contributed by atoms with van der Waals surface area (Å²) < 4.78 is 9.43. The van der Waals surface area contributed by atoms with Crippen LogP contribution in [0.25, 0.3) is 11.2 Å². The molecule has 0 spiro atoms. The Labute approximate surface area is 166 Å². The molecule has 3 N–H and O–H groups in total. The fourth-order valence-corrected chi connectivity index (χ4v) is 3.01. The Balaban J connectivity index is 1.94. The first-order chi connectivity index (χ1) is 13.9. The first-order valence-corrected chi connectivity index (χ1v) is 9.31. The van der Waals surface area contributed by atoms with Crippen LogP contribution in [-0.4, -0.2) is 54.8 Å². The van der Waals surface area contributed by atoms with Gasteiger partial charge in [-0.2, -0.15) is 4.98 Å². The maximum atomic E-state index is 12.7. The van der Waals surface area contributed by atoms with Crippen LogP contribution in [0, 0.1) is 0 Å². The van der Waals surface area contributed by atoms with Crippen LogP contribution < -0.4 is 21.3 Å². The summed E-state index contributed by atoms with van der Waals surface area (Å²) in [5.41, 5.74) is -0.551. The SMILES string of the molecule is Cn1c(=O)c2c(nc(NCCCO)n2CC(O)COc2ccccc2)n(C)c1=O. The van der Waals surface area contributed by atoms with Crippen molar-refractivity contribution in [2.45, 2.75) is 19.1 Å². The van der Waals surface area contributed by atoms with Gasteiger partial charge in [-0.3, -0.25) is 13.9 Å². The number of ether oxygens (including phenoxy) is 1. The summed E-state index contributed by atoms with van der Waals surface area (Å²) in [5, 5.41) is 22.6. The van der Waals surface area contributed by atoms with E-state index in [4.69, 9.17) is 9.84 Å². The highest BCUT2D eigenvalue weighted by Crippen LogP contribution is 2.17. The van der Waals surface area contributed by atoms with E-state index >= 15 is 0 Å². The summed E-state index contributed by atoms with van der Waals surface area (Å²) in [7, 11) is 2.93. The molecule has 1 aromatic carbocycles. The summed E-state index contributed by atoms with van der Waals surface area (Å²) in [6.07, 6.45) is -0.437. The van der Waals surface area contributed by atoms with E-state index in [1.54, 1.807) is 16.7 Å². The Morgan fingerprint density at radius 3 is 2.59 bits per heavy atom. The molecule has 1 unspecified atom stereocenters. The van der Waals surface area contributed by atoms with Crippen LogP contribution in [0.5, 0.6) is 5.75 Å². The second-order valence-electron chi connectivity index (χ2n) is 6.71. The van der Waals surface area contributed by atoms with Crippen molar-refractivity contribution in [1.29, 1.82) is 0 Å². The molecule has 0 aliphatic rings. The number of aliphatic hydroxyl groups is 2.